The Balaban J connectivity index is 1.95. The van der Waals surface area contributed by atoms with Gasteiger partial charge in [-0.1, -0.05) is 41.9 Å². The Morgan fingerprint density at radius 3 is 2.58 bits per heavy atom. The lowest BCUT2D eigenvalue weighted by Gasteiger charge is -2.11. The third-order valence-electron chi connectivity index (χ3n) is 3.42. The van der Waals surface area contributed by atoms with Crippen molar-refractivity contribution >= 4 is 47.9 Å². The highest BCUT2D eigenvalue weighted by Crippen LogP contribution is 2.36. The Hall–Kier alpha value is -1.71. The maximum atomic E-state index is 6.26. The molecule has 0 amide bonds. The molecule has 1 heterocycles. The molecule has 0 aliphatic rings. The van der Waals surface area contributed by atoms with Gasteiger partial charge in [-0.3, -0.25) is 0 Å². The summed E-state index contributed by atoms with van der Waals surface area (Å²) in [6.45, 7) is 0. The van der Waals surface area contributed by atoms with Gasteiger partial charge in [-0.2, -0.15) is 0 Å². The molecule has 4 N–H and O–H groups in total. The van der Waals surface area contributed by atoms with Gasteiger partial charge in [0.1, 0.15) is 0 Å². The van der Waals surface area contributed by atoms with E-state index in [0.717, 1.165) is 11.5 Å². The van der Waals surface area contributed by atoms with Crippen LogP contribution in [-0.2, 0) is 6.16 Å². The SMILES string of the molecule is N/C(=C\P(N)Cc1ccccc1)c1nc(Cl)nc2ccc(Cl)cc12. The molecule has 1 atom stereocenters. The molecule has 24 heavy (non-hydrogen) atoms. The molecular weight excluding hydrogens is 362 g/mol. The molecule has 0 aliphatic heterocycles. The lowest BCUT2D eigenvalue weighted by Crippen LogP contribution is -2.03. The lowest BCUT2D eigenvalue weighted by molar-refractivity contribution is 1.19. The molecule has 4 nitrogen and oxygen atoms in total. The van der Waals surface area contributed by atoms with Crippen molar-refractivity contribution in [2.24, 2.45) is 11.2 Å². The van der Waals surface area contributed by atoms with Gasteiger partial charge in [-0.05, 0) is 49.3 Å². The molecule has 0 saturated carbocycles. The minimum Gasteiger partial charge on any atom is -0.397 e. The van der Waals surface area contributed by atoms with Gasteiger partial charge < -0.3 is 11.2 Å². The maximum absolute atomic E-state index is 6.26. The zero-order valence-electron chi connectivity index (χ0n) is 12.7. The molecule has 7 heteroatoms. The van der Waals surface area contributed by atoms with E-state index in [0.29, 0.717) is 21.9 Å². The van der Waals surface area contributed by atoms with E-state index in [1.165, 1.54) is 5.56 Å². The Morgan fingerprint density at radius 1 is 1.08 bits per heavy atom. The van der Waals surface area contributed by atoms with Gasteiger partial charge in [-0.25, -0.2) is 9.97 Å². The molecule has 1 aromatic heterocycles. The van der Waals surface area contributed by atoms with Crippen molar-refractivity contribution in [3.05, 3.63) is 75.9 Å². The molecule has 0 spiro atoms. The van der Waals surface area contributed by atoms with Gasteiger partial charge >= 0.3 is 0 Å². The Bertz CT molecular complexity index is 900. The van der Waals surface area contributed by atoms with E-state index in [1.807, 2.05) is 36.1 Å². The Kier molecular flexibility index (Phi) is 5.32. The van der Waals surface area contributed by atoms with E-state index >= 15 is 0 Å². The molecule has 1 unspecified atom stereocenters. The predicted octanol–water partition coefficient (Wildman–Crippen LogP) is 4.75. The largest absolute Gasteiger partial charge is 0.397 e. The zero-order valence-corrected chi connectivity index (χ0v) is 15.1. The summed E-state index contributed by atoms with van der Waals surface area (Å²) in [5.41, 5.74) is 15.4. The molecule has 0 aliphatic carbocycles. The van der Waals surface area contributed by atoms with Gasteiger partial charge in [-0.15, -0.1) is 0 Å². The standard InChI is InChI=1S/C17H15Cl2N4P/c18-12-6-7-15-13(8-12)16(23-17(19)22-15)14(20)10-24(21)9-11-4-2-1-3-5-11/h1-8,10H,9,20-21H2/b14-10-. The first kappa shape index (κ1) is 17.1. The minimum absolute atomic E-state index is 0.139. The predicted molar refractivity (Wildman–Crippen MR) is 103 cm³/mol. The summed E-state index contributed by atoms with van der Waals surface area (Å²) in [6, 6.07) is 15.4. The van der Waals surface area contributed by atoms with Crippen LogP contribution >= 0.6 is 31.3 Å². The second-order valence-corrected chi connectivity index (χ2v) is 7.62. The first-order valence-corrected chi connectivity index (χ1v) is 9.61. The quantitative estimate of drug-likeness (QED) is 0.508. The van der Waals surface area contributed by atoms with Crippen LogP contribution in [0, 0.1) is 0 Å². The van der Waals surface area contributed by atoms with Gasteiger partial charge in [0.2, 0.25) is 5.28 Å². The summed E-state index contributed by atoms with van der Waals surface area (Å²) in [4.78, 5) is 8.45. The fourth-order valence-electron chi connectivity index (χ4n) is 2.37. The van der Waals surface area contributed by atoms with Crippen LogP contribution in [0.4, 0.5) is 0 Å². The van der Waals surface area contributed by atoms with Crippen LogP contribution in [0.25, 0.3) is 16.6 Å². The van der Waals surface area contributed by atoms with Gasteiger partial charge in [0.15, 0.2) is 0 Å². The van der Waals surface area contributed by atoms with E-state index in [-0.39, 0.29) is 5.28 Å². The summed E-state index contributed by atoms with van der Waals surface area (Å²) < 4.78 is 0. The van der Waals surface area contributed by atoms with Crippen LogP contribution < -0.4 is 11.2 Å². The second kappa shape index (κ2) is 7.45. The summed E-state index contributed by atoms with van der Waals surface area (Å²) >= 11 is 12.1. The van der Waals surface area contributed by atoms with Crippen molar-refractivity contribution in [3.8, 4) is 0 Å². The average molecular weight is 377 g/mol. The first-order chi connectivity index (χ1) is 11.5. The van der Waals surface area contributed by atoms with Crippen LogP contribution in [-0.4, -0.2) is 9.97 Å². The van der Waals surface area contributed by atoms with Crippen LogP contribution in [0.3, 0.4) is 0 Å². The summed E-state index contributed by atoms with van der Waals surface area (Å²) in [7, 11) is -0.916. The molecule has 3 rings (SSSR count). The van der Waals surface area contributed by atoms with E-state index < -0.39 is 8.07 Å². The number of aromatic nitrogens is 2. The highest BCUT2D eigenvalue weighted by molar-refractivity contribution is 7.57. The highest BCUT2D eigenvalue weighted by atomic mass is 35.5. The second-order valence-electron chi connectivity index (χ2n) is 5.25. The van der Waals surface area contributed by atoms with E-state index in [9.17, 15) is 0 Å². The summed E-state index contributed by atoms with van der Waals surface area (Å²) in [5.74, 6) is 1.85. The number of rotatable bonds is 4. The number of hydrogen-bond donors (Lipinski definition) is 2. The maximum Gasteiger partial charge on any atom is 0.223 e. The third kappa shape index (κ3) is 4.03. The first-order valence-electron chi connectivity index (χ1n) is 7.18. The van der Waals surface area contributed by atoms with Gasteiger partial charge in [0, 0.05) is 16.6 Å². The van der Waals surface area contributed by atoms with Crippen LogP contribution in [0.1, 0.15) is 11.3 Å². The zero-order chi connectivity index (χ0) is 17.1. The topological polar surface area (TPSA) is 77.8 Å². The van der Waals surface area contributed by atoms with Crippen molar-refractivity contribution in [2.75, 3.05) is 0 Å². The number of nitrogens with zero attached hydrogens (tertiary/aromatic N) is 2. The smallest absolute Gasteiger partial charge is 0.223 e. The average Bonchev–Trinajstić information content (AvgIpc) is 2.55. The van der Waals surface area contributed by atoms with Crippen LogP contribution in [0.15, 0.2) is 54.3 Å². The molecular formula is C17H15Cl2N4P. The number of nitrogens with two attached hydrogens (primary N) is 2. The van der Waals surface area contributed by atoms with Crippen LogP contribution in [0.2, 0.25) is 10.3 Å². The fourth-order valence-corrected chi connectivity index (χ4v) is 3.92. The molecule has 0 fully saturated rings. The summed E-state index contributed by atoms with van der Waals surface area (Å²) in [5, 5.41) is 1.48. The van der Waals surface area contributed by atoms with Crippen molar-refractivity contribution < 1.29 is 0 Å². The van der Waals surface area contributed by atoms with Gasteiger partial charge in [0.25, 0.3) is 0 Å². The third-order valence-corrected chi connectivity index (χ3v) is 5.16. The van der Waals surface area contributed by atoms with E-state index in [2.05, 4.69) is 9.97 Å². The fraction of sp³-hybridized carbons (Fsp3) is 0.0588. The number of fused-ring (bicyclic) bond motifs is 1. The number of halogens is 2. The van der Waals surface area contributed by atoms with E-state index in [4.69, 9.17) is 34.4 Å². The Labute approximate surface area is 151 Å². The molecule has 3 aromatic rings. The molecule has 0 saturated heterocycles. The Morgan fingerprint density at radius 2 is 1.83 bits per heavy atom. The summed E-state index contributed by atoms with van der Waals surface area (Å²) in [6.07, 6.45) is 0.744. The van der Waals surface area contributed by atoms with Crippen molar-refractivity contribution in [2.45, 2.75) is 6.16 Å². The molecule has 2 aromatic carbocycles. The highest BCUT2D eigenvalue weighted by Gasteiger charge is 2.11. The molecule has 0 bridgehead atoms. The van der Waals surface area contributed by atoms with Crippen molar-refractivity contribution in [1.82, 2.24) is 9.97 Å². The van der Waals surface area contributed by atoms with Crippen LogP contribution in [0.5, 0.6) is 0 Å². The van der Waals surface area contributed by atoms with Crippen molar-refractivity contribution in [1.29, 1.82) is 0 Å². The number of hydrogen-bond acceptors (Lipinski definition) is 4. The normalized spacial score (nSPS) is 13.2. The van der Waals surface area contributed by atoms with Gasteiger partial charge in [0.05, 0.1) is 16.9 Å². The van der Waals surface area contributed by atoms with Crippen molar-refractivity contribution in [3.63, 3.8) is 0 Å². The molecule has 0 radical (unpaired) electrons. The monoisotopic (exact) mass is 376 g/mol. The lowest BCUT2D eigenvalue weighted by atomic mass is 10.1. The number of benzene rings is 2. The minimum atomic E-state index is -0.916. The van der Waals surface area contributed by atoms with E-state index in [1.54, 1.807) is 18.2 Å². The molecule has 122 valence electrons.